The highest BCUT2D eigenvalue weighted by Crippen LogP contribution is 2.37. The molecule has 1 aliphatic carbocycles. The number of hydrogen-bond donors (Lipinski definition) is 2. The van der Waals surface area contributed by atoms with Gasteiger partial charge in [-0.05, 0) is 55.5 Å². The van der Waals surface area contributed by atoms with E-state index >= 15 is 0 Å². The van der Waals surface area contributed by atoms with Crippen LogP contribution in [0.25, 0.3) is 5.70 Å². The standard InChI is InChI=1S/C19H21F2N3/c1-11-8-9-24-19(11)13-5-2-4-12(18(13)23)10-16(22)17-14(20)6-3-7-15(17)21/h3,6-7,9-10,13H,2,4-5,8,22-23H2,1H3/b16-10-. The molecule has 4 N–H and O–H groups in total. The maximum atomic E-state index is 13.9. The fraction of sp³-hybridized carbons (Fsp3) is 0.316. The predicted octanol–water partition coefficient (Wildman–Crippen LogP) is 4.03. The molecule has 3 rings (SSSR count). The first-order valence-electron chi connectivity index (χ1n) is 8.11. The van der Waals surface area contributed by atoms with Gasteiger partial charge in [-0.25, -0.2) is 8.78 Å². The van der Waals surface area contributed by atoms with E-state index in [1.165, 1.54) is 23.8 Å². The van der Waals surface area contributed by atoms with E-state index in [0.29, 0.717) is 5.70 Å². The summed E-state index contributed by atoms with van der Waals surface area (Å²) in [4.78, 5) is 4.46. The summed E-state index contributed by atoms with van der Waals surface area (Å²) in [6.07, 6.45) is 6.97. The lowest BCUT2D eigenvalue weighted by Gasteiger charge is -2.26. The average molecular weight is 329 g/mol. The molecule has 1 aromatic rings. The van der Waals surface area contributed by atoms with Crippen molar-refractivity contribution in [1.82, 2.24) is 0 Å². The summed E-state index contributed by atoms with van der Waals surface area (Å²) in [5, 5.41) is 0. The van der Waals surface area contributed by atoms with Crippen molar-refractivity contribution >= 4 is 11.9 Å². The summed E-state index contributed by atoms with van der Waals surface area (Å²) in [5.74, 6) is -1.29. The Morgan fingerprint density at radius 2 is 2.00 bits per heavy atom. The number of nitrogens with zero attached hydrogens (tertiary/aromatic N) is 1. The molecule has 2 aliphatic rings. The van der Waals surface area contributed by atoms with E-state index in [1.807, 2.05) is 6.21 Å². The summed E-state index contributed by atoms with van der Waals surface area (Å²) < 4.78 is 27.8. The lowest BCUT2D eigenvalue weighted by Crippen LogP contribution is -2.20. The van der Waals surface area contributed by atoms with Crippen LogP contribution in [-0.4, -0.2) is 6.21 Å². The van der Waals surface area contributed by atoms with Crippen molar-refractivity contribution in [2.45, 2.75) is 32.6 Å². The Balaban J connectivity index is 1.99. The summed E-state index contributed by atoms with van der Waals surface area (Å²) in [7, 11) is 0. The molecule has 126 valence electrons. The fourth-order valence-corrected chi connectivity index (χ4v) is 3.38. The predicted molar refractivity (Wildman–Crippen MR) is 92.9 cm³/mol. The van der Waals surface area contributed by atoms with Crippen molar-refractivity contribution in [1.29, 1.82) is 0 Å². The van der Waals surface area contributed by atoms with Crippen molar-refractivity contribution in [3.05, 3.63) is 64.0 Å². The third-order valence-corrected chi connectivity index (χ3v) is 4.66. The molecular formula is C19H21F2N3. The van der Waals surface area contributed by atoms with Gasteiger partial charge < -0.3 is 11.5 Å². The second kappa shape index (κ2) is 6.59. The van der Waals surface area contributed by atoms with Crippen molar-refractivity contribution in [3.8, 4) is 0 Å². The molecule has 0 saturated heterocycles. The number of benzene rings is 1. The number of halogens is 2. The van der Waals surface area contributed by atoms with E-state index in [9.17, 15) is 8.78 Å². The van der Waals surface area contributed by atoms with Crippen LogP contribution in [-0.2, 0) is 0 Å². The SMILES string of the molecule is CC1=C(C2CCCC(/C=C(\N)c3c(F)cccc3F)=C2N)N=CC1. The topological polar surface area (TPSA) is 64.4 Å². The van der Waals surface area contributed by atoms with E-state index in [2.05, 4.69) is 11.9 Å². The van der Waals surface area contributed by atoms with E-state index in [1.54, 1.807) is 6.08 Å². The van der Waals surface area contributed by atoms with E-state index in [-0.39, 0.29) is 17.2 Å². The summed E-state index contributed by atoms with van der Waals surface area (Å²) in [6, 6.07) is 3.71. The normalized spacial score (nSPS) is 21.8. The van der Waals surface area contributed by atoms with Crippen LogP contribution in [0.5, 0.6) is 0 Å². The second-order valence-electron chi connectivity index (χ2n) is 6.30. The lowest BCUT2D eigenvalue weighted by atomic mass is 9.83. The zero-order chi connectivity index (χ0) is 17.3. The summed E-state index contributed by atoms with van der Waals surface area (Å²) in [5.41, 5.74) is 16.0. The molecule has 0 spiro atoms. The lowest BCUT2D eigenvalue weighted by molar-refractivity contribution is 0.550. The fourth-order valence-electron chi connectivity index (χ4n) is 3.38. The highest BCUT2D eigenvalue weighted by atomic mass is 19.1. The molecule has 1 aromatic carbocycles. The van der Waals surface area contributed by atoms with Crippen LogP contribution >= 0.6 is 0 Å². The van der Waals surface area contributed by atoms with Gasteiger partial charge >= 0.3 is 0 Å². The molecule has 1 heterocycles. The molecule has 0 saturated carbocycles. The first-order valence-corrected chi connectivity index (χ1v) is 8.11. The van der Waals surface area contributed by atoms with Gasteiger partial charge in [0.15, 0.2) is 0 Å². The van der Waals surface area contributed by atoms with Crippen molar-refractivity contribution in [2.75, 3.05) is 0 Å². The Bertz CT molecular complexity index is 768. The number of hydrogen-bond acceptors (Lipinski definition) is 3. The van der Waals surface area contributed by atoms with Crippen molar-refractivity contribution in [3.63, 3.8) is 0 Å². The van der Waals surface area contributed by atoms with Gasteiger partial charge in [0.1, 0.15) is 11.6 Å². The first kappa shape index (κ1) is 16.4. The molecule has 3 nitrogen and oxygen atoms in total. The van der Waals surface area contributed by atoms with Crippen molar-refractivity contribution in [2.24, 2.45) is 22.4 Å². The number of aliphatic imine (C=N–C) groups is 1. The van der Waals surface area contributed by atoms with Gasteiger partial charge in [-0.15, -0.1) is 0 Å². The molecule has 24 heavy (non-hydrogen) atoms. The van der Waals surface area contributed by atoms with Gasteiger partial charge in [0.05, 0.1) is 5.56 Å². The van der Waals surface area contributed by atoms with Gasteiger partial charge in [0.25, 0.3) is 0 Å². The molecular weight excluding hydrogens is 308 g/mol. The number of allylic oxidation sites excluding steroid dienone is 3. The van der Waals surface area contributed by atoms with Gasteiger partial charge in [0, 0.05) is 35.6 Å². The van der Waals surface area contributed by atoms with E-state index in [4.69, 9.17) is 11.5 Å². The molecule has 1 atom stereocenters. The molecule has 1 unspecified atom stereocenters. The Kier molecular flexibility index (Phi) is 4.51. The van der Waals surface area contributed by atoms with Crippen LogP contribution in [0.2, 0.25) is 0 Å². The third kappa shape index (κ3) is 2.98. The van der Waals surface area contributed by atoms with Gasteiger partial charge in [-0.1, -0.05) is 6.07 Å². The van der Waals surface area contributed by atoms with Crippen LogP contribution in [0.4, 0.5) is 8.78 Å². The monoisotopic (exact) mass is 329 g/mol. The minimum atomic E-state index is -0.672. The maximum Gasteiger partial charge on any atom is 0.135 e. The van der Waals surface area contributed by atoms with Crippen LogP contribution < -0.4 is 11.5 Å². The third-order valence-electron chi connectivity index (χ3n) is 4.66. The Hall–Kier alpha value is -2.43. The van der Waals surface area contributed by atoms with E-state index < -0.39 is 11.6 Å². The highest BCUT2D eigenvalue weighted by Gasteiger charge is 2.26. The molecule has 0 aromatic heterocycles. The van der Waals surface area contributed by atoms with Crippen LogP contribution in [0.1, 0.15) is 38.2 Å². The maximum absolute atomic E-state index is 13.9. The minimum absolute atomic E-state index is 0.0574. The Morgan fingerprint density at radius 3 is 2.62 bits per heavy atom. The number of rotatable bonds is 3. The van der Waals surface area contributed by atoms with Gasteiger partial charge in [-0.2, -0.15) is 0 Å². The van der Waals surface area contributed by atoms with Crippen molar-refractivity contribution < 1.29 is 8.78 Å². The quantitative estimate of drug-likeness (QED) is 0.879. The molecule has 0 bridgehead atoms. The smallest absolute Gasteiger partial charge is 0.135 e. The van der Waals surface area contributed by atoms with Crippen LogP contribution in [0.3, 0.4) is 0 Å². The molecule has 1 aliphatic heterocycles. The number of nitrogens with two attached hydrogens (primary N) is 2. The van der Waals surface area contributed by atoms with Gasteiger partial charge in [0.2, 0.25) is 0 Å². The zero-order valence-corrected chi connectivity index (χ0v) is 13.7. The van der Waals surface area contributed by atoms with Crippen LogP contribution in [0.15, 0.2) is 51.8 Å². The molecule has 0 radical (unpaired) electrons. The van der Waals surface area contributed by atoms with Gasteiger partial charge in [-0.3, -0.25) is 4.99 Å². The summed E-state index contributed by atoms with van der Waals surface area (Å²) in [6.45, 7) is 2.06. The van der Waals surface area contributed by atoms with E-state index in [0.717, 1.165) is 37.0 Å². The molecule has 0 fully saturated rings. The molecule has 5 heteroatoms. The average Bonchev–Trinajstić information content (AvgIpc) is 2.95. The van der Waals surface area contributed by atoms with Crippen LogP contribution in [0, 0.1) is 17.6 Å². The first-order chi connectivity index (χ1) is 11.5. The largest absolute Gasteiger partial charge is 0.401 e. The minimum Gasteiger partial charge on any atom is -0.401 e. The second-order valence-corrected chi connectivity index (χ2v) is 6.30. The zero-order valence-electron chi connectivity index (χ0n) is 13.7. The molecule has 0 amide bonds. The Labute approximate surface area is 140 Å². The highest BCUT2D eigenvalue weighted by molar-refractivity contribution is 5.69. The summed E-state index contributed by atoms with van der Waals surface area (Å²) >= 11 is 0. The Morgan fingerprint density at radius 1 is 1.29 bits per heavy atom.